The summed E-state index contributed by atoms with van der Waals surface area (Å²) in [5.41, 5.74) is 0.971. The Morgan fingerprint density at radius 3 is 2.91 bits per heavy atom. The first-order valence-corrected chi connectivity index (χ1v) is 8.14. The van der Waals surface area contributed by atoms with Gasteiger partial charge in [0.1, 0.15) is 0 Å². The topological polar surface area (TPSA) is 51.4 Å². The van der Waals surface area contributed by atoms with Crippen LogP contribution in [0.2, 0.25) is 0 Å². The summed E-state index contributed by atoms with van der Waals surface area (Å²) in [6.07, 6.45) is 5.37. The molecule has 0 spiro atoms. The van der Waals surface area contributed by atoms with Crippen molar-refractivity contribution in [1.82, 2.24) is 15.0 Å². The highest BCUT2D eigenvalue weighted by Gasteiger charge is 2.34. The normalized spacial score (nSPS) is 25.8. The Morgan fingerprint density at radius 1 is 1.14 bits per heavy atom. The van der Waals surface area contributed by atoms with E-state index in [0.29, 0.717) is 18.0 Å². The van der Waals surface area contributed by atoms with Crippen molar-refractivity contribution >= 4 is 0 Å². The van der Waals surface area contributed by atoms with E-state index in [2.05, 4.69) is 15.0 Å². The summed E-state index contributed by atoms with van der Waals surface area (Å²) in [7, 11) is 0. The van der Waals surface area contributed by atoms with Crippen LogP contribution in [0.1, 0.15) is 31.5 Å². The number of morpholine rings is 1. The Kier molecular flexibility index (Phi) is 3.91. The average Bonchev–Trinajstić information content (AvgIpc) is 3.05. The van der Waals surface area contributed by atoms with Crippen molar-refractivity contribution in [2.45, 2.75) is 44.4 Å². The van der Waals surface area contributed by atoms with Crippen LogP contribution in [-0.4, -0.2) is 40.3 Å². The van der Waals surface area contributed by atoms with Crippen LogP contribution in [0.25, 0.3) is 11.5 Å². The van der Waals surface area contributed by atoms with Crippen molar-refractivity contribution in [1.29, 1.82) is 0 Å². The number of benzene rings is 1. The molecule has 2 aromatic rings. The molecular formula is C17H21N3O2. The number of hydrogen-bond donors (Lipinski definition) is 0. The van der Waals surface area contributed by atoms with Gasteiger partial charge in [-0.05, 0) is 25.0 Å². The Morgan fingerprint density at radius 2 is 2.00 bits per heavy atom. The van der Waals surface area contributed by atoms with Crippen LogP contribution < -0.4 is 0 Å². The second kappa shape index (κ2) is 6.18. The maximum absolute atomic E-state index is 5.92. The molecule has 2 aliphatic rings. The molecule has 0 amide bonds. The van der Waals surface area contributed by atoms with Gasteiger partial charge in [0.2, 0.25) is 0 Å². The first-order chi connectivity index (χ1) is 10.9. The molecule has 5 heteroatoms. The molecule has 1 saturated heterocycles. The predicted octanol–water partition coefficient (Wildman–Crippen LogP) is 2.88. The number of hydrogen-bond acceptors (Lipinski definition) is 5. The predicted molar refractivity (Wildman–Crippen MR) is 82.1 cm³/mol. The third kappa shape index (κ3) is 2.78. The van der Waals surface area contributed by atoms with Crippen LogP contribution in [0.3, 0.4) is 0 Å². The molecule has 0 bridgehead atoms. The van der Waals surface area contributed by atoms with Crippen LogP contribution in [0, 0.1) is 0 Å². The van der Waals surface area contributed by atoms with E-state index in [1.165, 1.54) is 25.7 Å². The highest BCUT2D eigenvalue weighted by Crippen LogP contribution is 2.29. The van der Waals surface area contributed by atoms with Gasteiger partial charge >= 0.3 is 0 Å². The molecule has 1 saturated carbocycles. The molecule has 1 aromatic heterocycles. The van der Waals surface area contributed by atoms with Crippen molar-refractivity contribution in [3.63, 3.8) is 0 Å². The van der Waals surface area contributed by atoms with Gasteiger partial charge in [-0.25, -0.2) is 0 Å². The molecule has 2 atom stereocenters. The molecule has 4 rings (SSSR count). The van der Waals surface area contributed by atoms with Gasteiger partial charge in [-0.3, -0.25) is 4.90 Å². The van der Waals surface area contributed by atoms with Crippen LogP contribution in [0.4, 0.5) is 0 Å². The maximum atomic E-state index is 5.92. The Hall–Kier alpha value is -1.72. The molecule has 2 heterocycles. The second-order valence-corrected chi connectivity index (χ2v) is 6.11. The summed E-state index contributed by atoms with van der Waals surface area (Å²) in [5, 5.41) is 4.16. The fourth-order valence-electron chi connectivity index (χ4n) is 3.57. The molecule has 0 N–H and O–H groups in total. The van der Waals surface area contributed by atoms with Crippen molar-refractivity contribution in [3.05, 3.63) is 36.2 Å². The summed E-state index contributed by atoms with van der Waals surface area (Å²) in [6.45, 7) is 2.52. The van der Waals surface area contributed by atoms with Crippen LogP contribution in [-0.2, 0) is 11.3 Å². The SMILES string of the molecule is c1ccc(-c2nc(CN3CCO[C@H]4CCCC[C@H]43)no2)cc1. The van der Waals surface area contributed by atoms with Gasteiger partial charge in [0, 0.05) is 18.2 Å². The smallest absolute Gasteiger partial charge is 0.257 e. The molecule has 5 nitrogen and oxygen atoms in total. The number of nitrogens with zero attached hydrogens (tertiary/aromatic N) is 3. The lowest BCUT2D eigenvalue weighted by Crippen LogP contribution is -2.52. The third-order valence-electron chi connectivity index (χ3n) is 4.68. The zero-order chi connectivity index (χ0) is 14.8. The standard InChI is InChI=1S/C17H21N3O2/c1-2-6-13(7-3-1)17-18-16(19-22-17)12-20-10-11-21-15-9-5-4-8-14(15)20/h1-3,6-7,14-15H,4-5,8-12H2/t14-,15+/m1/s1. The van der Waals surface area contributed by atoms with E-state index >= 15 is 0 Å². The zero-order valence-electron chi connectivity index (χ0n) is 12.6. The Balaban J connectivity index is 1.48. The van der Waals surface area contributed by atoms with Crippen molar-refractivity contribution in [2.24, 2.45) is 0 Å². The minimum atomic E-state index is 0.392. The van der Waals surface area contributed by atoms with Crippen molar-refractivity contribution in [2.75, 3.05) is 13.2 Å². The highest BCUT2D eigenvalue weighted by atomic mass is 16.5. The molecule has 2 fully saturated rings. The molecule has 1 aromatic carbocycles. The first-order valence-electron chi connectivity index (χ1n) is 8.14. The fourth-order valence-corrected chi connectivity index (χ4v) is 3.57. The number of fused-ring (bicyclic) bond motifs is 1. The van der Waals surface area contributed by atoms with Crippen LogP contribution in [0.5, 0.6) is 0 Å². The largest absolute Gasteiger partial charge is 0.375 e. The second-order valence-electron chi connectivity index (χ2n) is 6.11. The molecular weight excluding hydrogens is 278 g/mol. The molecule has 0 radical (unpaired) electrons. The van der Waals surface area contributed by atoms with E-state index in [-0.39, 0.29) is 0 Å². The van der Waals surface area contributed by atoms with E-state index in [1.807, 2.05) is 30.3 Å². The minimum Gasteiger partial charge on any atom is -0.375 e. The van der Waals surface area contributed by atoms with E-state index in [1.54, 1.807) is 0 Å². The Bertz CT molecular complexity index is 611. The van der Waals surface area contributed by atoms with E-state index in [4.69, 9.17) is 9.26 Å². The van der Waals surface area contributed by atoms with Gasteiger partial charge in [-0.15, -0.1) is 0 Å². The number of aromatic nitrogens is 2. The van der Waals surface area contributed by atoms with Gasteiger partial charge < -0.3 is 9.26 Å². The lowest BCUT2D eigenvalue weighted by molar-refractivity contribution is -0.0919. The van der Waals surface area contributed by atoms with Gasteiger partial charge in [0.25, 0.3) is 5.89 Å². The molecule has 1 aliphatic heterocycles. The summed E-state index contributed by atoms with van der Waals surface area (Å²) >= 11 is 0. The van der Waals surface area contributed by atoms with Gasteiger partial charge in [0.05, 0.1) is 19.3 Å². The molecule has 22 heavy (non-hydrogen) atoms. The summed E-state index contributed by atoms with van der Waals surface area (Å²) in [4.78, 5) is 7.02. The third-order valence-corrected chi connectivity index (χ3v) is 4.68. The maximum Gasteiger partial charge on any atom is 0.257 e. The molecule has 0 unspecified atom stereocenters. The molecule has 116 valence electrons. The highest BCUT2D eigenvalue weighted by molar-refractivity contribution is 5.51. The monoisotopic (exact) mass is 299 g/mol. The first kappa shape index (κ1) is 13.9. The Labute approximate surface area is 130 Å². The molecule has 1 aliphatic carbocycles. The number of rotatable bonds is 3. The van der Waals surface area contributed by atoms with Crippen molar-refractivity contribution < 1.29 is 9.26 Å². The average molecular weight is 299 g/mol. The zero-order valence-corrected chi connectivity index (χ0v) is 12.6. The summed E-state index contributed by atoms with van der Waals surface area (Å²) in [6, 6.07) is 10.4. The van der Waals surface area contributed by atoms with Crippen LogP contribution >= 0.6 is 0 Å². The lowest BCUT2D eigenvalue weighted by Gasteiger charge is -2.43. The summed E-state index contributed by atoms with van der Waals surface area (Å²) < 4.78 is 11.3. The van der Waals surface area contributed by atoms with Gasteiger partial charge in [-0.2, -0.15) is 4.98 Å². The van der Waals surface area contributed by atoms with E-state index < -0.39 is 0 Å². The van der Waals surface area contributed by atoms with E-state index in [0.717, 1.165) is 31.1 Å². The van der Waals surface area contributed by atoms with E-state index in [9.17, 15) is 0 Å². The fraction of sp³-hybridized carbons (Fsp3) is 0.529. The summed E-state index contributed by atoms with van der Waals surface area (Å²) in [5.74, 6) is 1.37. The minimum absolute atomic E-state index is 0.392. The van der Waals surface area contributed by atoms with Gasteiger partial charge in [0.15, 0.2) is 5.82 Å². The van der Waals surface area contributed by atoms with Crippen LogP contribution in [0.15, 0.2) is 34.9 Å². The number of ether oxygens (including phenoxy) is 1. The lowest BCUT2D eigenvalue weighted by atomic mass is 9.90. The quantitative estimate of drug-likeness (QED) is 0.872. The van der Waals surface area contributed by atoms with Crippen molar-refractivity contribution in [3.8, 4) is 11.5 Å². The van der Waals surface area contributed by atoms with Gasteiger partial charge in [-0.1, -0.05) is 36.2 Å².